The van der Waals surface area contributed by atoms with E-state index in [-0.39, 0.29) is 5.97 Å². The number of hydrogen-bond acceptors (Lipinski definition) is 2. The Labute approximate surface area is 141 Å². The molecular formula is C22H18O2. The molecule has 0 spiro atoms. The van der Waals surface area contributed by atoms with E-state index in [9.17, 15) is 4.79 Å². The third-order valence-corrected chi connectivity index (χ3v) is 4.88. The minimum absolute atomic E-state index is 0.196. The molecule has 0 unspecified atom stereocenters. The summed E-state index contributed by atoms with van der Waals surface area (Å²) in [5, 5.41) is 0. The third kappa shape index (κ3) is 2.15. The Hall–Kier alpha value is -2.87. The van der Waals surface area contributed by atoms with Crippen molar-refractivity contribution in [3.8, 4) is 5.75 Å². The monoisotopic (exact) mass is 314 g/mol. The molecule has 0 saturated carbocycles. The highest BCUT2D eigenvalue weighted by molar-refractivity contribution is 5.94. The van der Waals surface area contributed by atoms with Crippen molar-refractivity contribution in [3.05, 3.63) is 101 Å². The summed E-state index contributed by atoms with van der Waals surface area (Å²) in [7, 11) is 0. The average molecular weight is 314 g/mol. The summed E-state index contributed by atoms with van der Waals surface area (Å²) in [5.74, 6) is 0.470. The lowest BCUT2D eigenvalue weighted by molar-refractivity contribution is -0.136. The van der Waals surface area contributed by atoms with Crippen LogP contribution < -0.4 is 4.74 Å². The van der Waals surface area contributed by atoms with Crippen molar-refractivity contribution >= 4 is 5.97 Å². The van der Waals surface area contributed by atoms with E-state index >= 15 is 0 Å². The zero-order valence-electron chi connectivity index (χ0n) is 13.5. The van der Waals surface area contributed by atoms with Gasteiger partial charge in [-0.05, 0) is 36.1 Å². The highest BCUT2D eigenvalue weighted by Crippen LogP contribution is 2.46. The summed E-state index contributed by atoms with van der Waals surface area (Å²) in [6, 6.07) is 25.9. The fourth-order valence-electron chi connectivity index (χ4n) is 3.56. The van der Waals surface area contributed by atoms with Gasteiger partial charge in [-0.3, -0.25) is 4.79 Å². The Morgan fingerprint density at radius 1 is 0.833 bits per heavy atom. The minimum Gasteiger partial charge on any atom is -0.425 e. The number of carbonyl (C=O) groups excluding carboxylic acids is 1. The first-order chi connectivity index (χ1) is 11.7. The molecule has 4 rings (SSSR count). The van der Waals surface area contributed by atoms with Crippen LogP contribution in [0, 0.1) is 6.92 Å². The van der Waals surface area contributed by atoms with Gasteiger partial charge in [0.25, 0.3) is 0 Å². The van der Waals surface area contributed by atoms with Gasteiger partial charge in [0.1, 0.15) is 11.2 Å². The van der Waals surface area contributed by atoms with Gasteiger partial charge >= 0.3 is 5.97 Å². The molecule has 118 valence electrons. The summed E-state index contributed by atoms with van der Waals surface area (Å²) >= 11 is 0. The largest absolute Gasteiger partial charge is 0.425 e. The number of benzene rings is 3. The van der Waals surface area contributed by atoms with Crippen LogP contribution in [0.3, 0.4) is 0 Å². The van der Waals surface area contributed by atoms with E-state index in [1.54, 1.807) is 0 Å². The van der Waals surface area contributed by atoms with Crippen LogP contribution in [0.2, 0.25) is 0 Å². The Kier molecular flexibility index (Phi) is 3.46. The molecule has 0 radical (unpaired) electrons. The van der Waals surface area contributed by atoms with E-state index in [0.29, 0.717) is 12.2 Å². The molecule has 1 heterocycles. The molecule has 3 aromatic rings. The van der Waals surface area contributed by atoms with E-state index < -0.39 is 5.41 Å². The molecule has 0 N–H and O–H groups in total. The first-order valence-electron chi connectivity index (χ1n) is 8.13. The number of ether oxygens (including phenoxy) is 1. The van der Waals surface area contributed by atoms with Crippen LogP contribution in [-0.2, 0) is 16.6 Å². The maximum Gasteiger partial charge on any atom is 0.326 e. The first-order valence-corrected chi connectivity index (χ1v) is 8.13. The van der Waals surface area contributed by atoms with E-state index in [2.05, 4.69) is 19.1 Å². The molecule has 2 nitrogen and oxygen atoms in total. The lowest BCUT2D eigenvalue weighted by Crippen LogP contribution is -2.37. The van der Waals surface area contributed by atoms with Crippen molar-refractivity contribution in [2.24, 2.45) is 0 Å². The van der Waals surface area contributed by atoms with Crippen LogP contribution >= 0.6 is 0 Å². The van der Waals surface area contributed by atoms with Crippen molar-refractivity contribution < 1.29 is 9.53 Å². The minimum atomic E-state index is -0.788. The smallest absolute Gasteiger partial charge is 0.326 e. The second kappa shape index (κ2) is 5.64. The lowest BCUT2D eigenvalue weighted by Gasteiger charge is -2.27. The molecule has 0 bridgehead atoms. The molecule has 1 aliphatic rings. The van der Waals surface area contributed by atoms with Crippen molar-refractivity contribution in [1.29, 1.82) is 0 Å². The predicted octanol–water partition coefficient (Wildman–Crippen LogP) is 4.44. The van der Waals surface area contributed by atoms with Gasteiger partial charge in [-0.15, -0.1) is 0 Å². The van der Waals surface area contributed by atoms with Crippen LogP contribution in [-0.4, -0.2) is 5.97 Å². The van der Waals surface area contributed by atoms with Crippen molar-refractivity contribution in [3.63, 3.8) is 0 Å². The molecule has 0 fully saturated rings. The summed E-state index contributed by atoms with van der Waals surface area (Å²) in [6.07, 6.45) is 0.597. The van der Waals surface area contributed by atoms with Gasteiger partial charge in [0.05, 0.1) is 0 Å². The molecule has 0 saturated heterocycles. The van der Waals surface area contributed by atoms with Gasteiger partial charge in [0.15, 0.2) is 0 Å². The molecular weight excluding hydrogens is 296 g/mol. The van der Waals surface area contributed by atoms with Gasteiger partial charge < -0.3 is 4.74 Å². The zero-order chi connectivity index (χ0) is 16.6. The highest BCUT2D eigenvalue weighted by Gasteiger charge is 2.50. The second-order valence-electron chi connectivity index (χ2n) is 6.26. The maximum absolute atomic E-state index is 13.0. The van der Waals surface area contributed by atoms with Gasteiger partial charge in [0, 0.05) is 5.56 Å². The van der Waals surface area contributed by atoms with Crippen molar-refractivity contribution in [1.82, 2.24) is 0 Å². The topological polar surface area (TPSA) is 26.3 Å². The highest BCUT2D eigenvalue weighted by atomic mass is 16.5. The number of hydrogen-bond donors (Lipinski definition) is 0. The average Bonchev–Trinajstić information content (AvgIpc) is 2.90. The Morgan fingerprint density at radius 3 is 2.29 bits per heavy atom. The number of para-hydroxylation sites is 1. The molecule has 0 aromatic heterocycles. The van der Waals surface area contributed by atoms with Crippen LogP contribution in [0.4, 0.5) is 0 Å². The SMILES string of the molecule is Cc1ccccc1C[C@@]1(c2ccccc2)C(=O)Oc2ccccc21. The fourth-order valence-corrected chi connectivity index (χ4v) is 3.56. The van der Waals surface area contributed by atoms with Crippen LogP contribution in [0.1, 0.15) is 22.3 Å². The van der Waals surface area contributed by atoms with Crippen LogP contribution in [0.25, 0.3) is 0 Å². The summed E-state index contributed by atoms with van der Waals surface area (Å²) in [5.41, 5.74) is 3.48. The molecule has 1 aliphatic heterocycles. The molecule has 1 atom stereocenters. The second-order valence-corrected chi connectivity index (χ2v) is 6.26. The third-order valence-electron chi connectivity index (χ3n) is 4.88. The quantitative estimate of drug-likeness (QED) is 0.527. The van der Waals surface area contributed by atoms with E-state index in [4.69, 9.17) is 4.74 Å². The number of fused-ring (bicyclic) bond motifs is 1. The first kappa shape index (κ1) is 14.7. The number of rotatable bonds is 3. The summed E-state index contributed by atoms with van der Waals surface area (Å²) in [6.45, 7) is 2.08. The Morgan fingerprint density at radius 2 is 1.50 bits per heavy atom. The van der Waals surface area contributed by atoms with E-state index in [1.807, 2.05) is 66.7 Å². The Balaban J connectivity index is 1.95. The van der Waals surface area contributed by atoms with Gasteiger partial charge in [-0.2, -0.15) is 0 Å². The lowest BCUT2D eigenvalue weighted by atomic mass is 9.71. The molecule has 0 aliphatic carbocycles. The van der Waals surface area contributed by atoms with Crippen molar-refractivity contribution in [2.45, 2.75) is 18.8 Å². The molecule has 2 heteroatoms. The fraction of sp³-hybridized carbons (Fsp3) is 0.136. The van der Waals surface area contributed by atoms with E-state index in [0.717, 1.165) is 16.7 Å². The van der Waals surface area contributed by atoms with Gasteiger partial charge in [0.2, 0.25) is 0 Å². The van der Waals surface area contributed by atoms with Crippen molar-refractivity contribution in [2.75, 3.05) is 0 Å². The maximum atomic E-state index is 13.0. The number of esters is 1. The van der Waals surface area contributed by atoms with Gasteiger partial charge in [-0.25, -0.2) is 0 Å². The number of aryl methyl sites for hydroxylation is 1. The standard InChI is InChI=1S/C22H18O2/c1-16-9-5-6-10-17(16)15-22(18-11-3-2-4-12-18)19-13-7-8-14-20(19)24-21(22)23/h2-14H,15H2,1H3/t22-/m0/s1. The number of carbonyl (C=O) groups is 1. The zero-order valence-corrected chi connectivity index (χ0v) is 13.5. The van der Waals surface area contributed by atoms with Crippen LogP contribution in [0.5, 0.6) is 5.75 Å². The Bertz CT molecular complexity index is 899. The molecule has 24 heavy (non-hydrogen) atoms. The predicted molar refractivity (Wildman–Crippen MR) is 94.2 cm³/mol. The molecule has 3 aromatic carbocycles. The molecule has 0 amide bonds. The normalized spacial score (nSPS) is 19.0. The van der Waals surface area contributed by atoms with E-state index in [1.165, 1.54) is 5.56 Å². The summed E-state index contributed by atoms with van der Waals surface area (Å²) in [4.78, 5) is 13.0. The van der Waals surface area contributed by atoms with Crippen LogP contribution in [0.15, 0.2) is 78.9 Å². The van der Waals surface area contributed by atoms with Gasteiger partial charge in [-0.1, -0.05) is 72.8 Å². The summed E-state index contributed by atoms with van der Waals surface area (Å²) < 4.78 is 5.65.